The van der Waals surface area contributed by atoms with Gasteiger partial charge < -0.3 is 4.42 Å². The minimum Gasteiger partial charge on any atom is -0.455 e. The third kappa shape index (κ3) is 4.08. The van der Waals surface area contributed by atoms with E-state index in [1.165, 1.54) is 103 Å². The minimum atomic E-state index is 0.956. The highest BCUT2D eigenvalue weighted by atomic mass is 32.1. The molecule has 188 valence electrons. The van der Waals surface area contributed by atoms with Gasteiger partial charge in [-0.25, -0.2) is 0 Å². The van der Waals surface area contributed by atoms with E-state index in [4.69, 9.17) is 4.42 Å². The van der Waals surface area contributed by atoms with Crippen molar-refractivity contribution in [3.8, 4) is 11.1 Å². The van der Waals surface area contributed by atoms with Crippen molar-refractivity contribution in [2.75, 3.05) is 0 Å². The van der Waals surface area contributed by atoms with Crippen LogP contribution >= 0.6 is 11.3 Å². The van der Waals surface area contributed by atoms with E-state index in [9.17, 15) is 0 Å². The van der Waals surface area contributed by atoms with Crippen molar-refractivity contribution in [3.05, 3.63) is 96.6 Å². The van der Waals surface area contributed by atoms with Gasteiger partial charge in [-0.15, -0.1) is 11.3 Å². The first kappa shape index (κ1) is 23.5. The molecular weight excluding hydrogens is 480 g/mol. The van der Waals surface area contributed by atoms with Crippen LogP contribution in [0.2, 0.25) is 0 Å². The Morgan fingerprint density at radius 1 is 0.579 bits per heavy atom. The maximum atomic E-state index is 6.57. The number of hydrogen-bond donors (Lipinski definition) is 0. The number of unbranched alkanes of at least 4 members (excludes halogenated alkanes) is 5. The summed E-state index contributed by atoms with van der Waals surface area (Å²) in [6.45, 7) is 2.28. The molecule has 0 spiro atoms. The van der Waals surface area contributed by atoms with Crippen molar-refractivity contribution in [1.82, 2.24) is 0 Å². The average Bonchev–Trinajstić information content (AvgIpc) is 3.53. The Hall–Kier alpha value is -3.62. The standard InChI is InChI=1S/C36H32OS/c1-2-3-4-5-6-7-10-24-13-15-25(16-14-24)26-17-18-27-29-19-22-32-30(35(29)37-33(27)23-26)20-21-31-28-11-8-9-12-34(28)38-36(31)32/h8-9,11-23H,2-7,10H2,1H3. The van der Waals surface area contributed by atoms with Gasteiger partial charge in [0.15, 0.2) is 0 Å². The molecule has 0 amide bonds. The molecule has 2 heteroatoms. The van der Waals surface area contributed by atoms with Crippen molar-refractivity contribution >= 4 is 64.2 Å². The van der Waals surface area contributed by atoms with Crippen molar-refractivity contribution in [3.63, 3.8) is 0 Å². The van der Waals surface area contributed by atoms with Crippen molar-refractivity contribution in [1.29, 1.82) is 0 Å². The molecule has 1 nitrogen and oxygen atoms in total. The lowest BCUT2D eigenvalue weighted by Gasteiger charge is -2.05. The molecule has 0 aliphatic heterocycles. The maximum Gasteiger partial charge on any atom is 0.143 e. The Labute approximate surface area is 227 Å². The highest BCUT2D eigenvalue weighted by Crippen LogP contribution is 2.42. The zero-order valence-corrected chi connectivity index (χ0v) is 22.7. The Bertz CT molecular complexity index is 1900. The van der Waals surface area contributed by atoms with E-state index < -0.39 is 0 Å². The fourth-order valence-electron chi connectivity index (χ4n) is 5.97. The Morgan fingerprint density at radius 3 is 2.08 bits per heavy atom. The molecule has 0 saturated heterocycles. The Morgan fingerprint density at radius 2 is 1.24 bits per heavy atom. The van der Waals surface area contributed by atoms with E-state index in [0.717, 1.165) is 11.2 Å². The first-order chi connectivity index (χ1) is 18.8. The summed E-state index contributed by atoms with van der Waals surface area (Å²) in [5, 5.41) is 7.50. The fraction of sp³-hybridized carbons (Fsp3) is 0.222. The summed E-state index contributed by atoms with van der Waals surface area (Å²) in [5.41, 5.74) is 5.84. The number of rotatable bonds is 8. The molecule has 0 saturated carbocycles. The van der Waals surface area contributed by atoms with Gasteiger partial charge in [0, 0.05) is 41.7 Å². The molecular formula is C36H32OS. The molecule has 0 aliphatic carbocycles. The van der Waals surface area contributed by atoms with Gasteiger partial charge in [-0.3, -0.25) is 0 Å². The molecule has 0 fully saturated rings. The summed E-state index contributed by atoms with van der Waals surface area (Å²) in [6.07, 6.45) is 9.24. The highest BCUT2D eigenvalue weighted by Gasteiger charge is 2.15. The number of furan rings is 1. The summed E-state index contributed by atoms with van der Waals surface area (Å²) in [5.74, 6) is 0. The maximum absolute atomic E-state index is 6.57. The monoisotopic (exact) mass is 512 g/mol. The molecule has 7 aromatic rings. The number of hydrogen-bond acceptors (Lipinski definition) is 2. The van der Waals surface area contributed by atoms with Crippen LogP contribution in [0.3, 0.4) is 0 Å². The zero-order chi connectivity index (χ0) is 25.5. The van der Waals surface area contributed by atoms with Crippen LogP contribution in [-0.2, 0) is 6.42 Å². The second-order valence-corrected chi connectivity index (χ2v) is 11.7. The topological polar surface area (TPSA) is 13.1 Å². The van der Waals surface area contributed by atoms with E-state index in [1.54, 1.807) is 0 Å². The highest BCUT2D eigenvalue weighted by molar-refractivity contribution is 7.26. The first-order valence-corrected chi connectivity index (χ1v) is 14.9. The molecule has 2 aromatic heterocycles. The first-order valence-electron chi connectivity index (χ1n) is 14.1. The predicted molar refractivity (Wildman–Crippen MR) is 167 cm³/mol. The minimum absolute atomic E-state index is 0.956. The quantitative estimate of drug-likeness (QED) is 0.185. The summed E-state index contributed by atoms with van der Waals surface area (Å²) in [4.78, 5) is 0. The molecule has 0 atom stereocenters. The van der Waals surface area contributed by atoms with Crippen LogP contribution in [0.5, 0.6) is 0 Å². The van der Waals surface area contributed by atoms with Crippen LogP contribution < -0.4 is 0 Å². The summed E-state index contributed by atoms with van der Waals surface area (Å²) >= 11 is 1.87. The molecule has 0 N–H and O–H groups in total. The van der Waals surface area contributed by atoms with E-state index in [-0.39, 0.29) is 0 Å². The van der Waals surface area contributed by atoms with E-state index in [2.05, 4.69) is 97.9 Å². The predicted octanol–water partition coefficient (Wildman–Crippen LogP) is 11.7. The Balaban J connectivity index is 1.20. The fourth-order valence-corrected chi connectivity index (χ4v) is 7.21. The number of benzene rings is 5. The van der Waals surface area contributed by atoms with Crippen molar-refractivity contribution in [2.24, 2.45) is 0 Å². The molecule has 0 radical (unpaired) electrons. The van der Waals surface area contributed by atoms with Gasteiger partial charge >= 0.3 is 0 Å². The smallest absolute Gasteiger partial charge is 0.143 e. The molecule has 38 heavy (non-hydrogen) atoms. The van der Waals surface area contributed by atoms with Gasteiger partial charge in [0.05, 0.1) is 0 Å². The molecule has 0 aliphatic rings. The van der Waals surface area contributed by atoms with Crippen molar-refractivity contribution in [2.45, 2.75) is 51.9 Å². The SMILES string of the molecule is CCCCCCCCc1ccc(-c2ccc3c(c2)oc2c3ccc3c2ccc2c4ccccc4sc23)cc1. The van der Waals surface area contributed by atoms with Gasteiger partial charge in [-0.05, 0) is 59.9 Å². The zero-order valence-electron chi connectivity index (χ0n) is 21.9. The van der Waals surface area contributed by atoms with Gasteiger partial charge in [0.1, 0.15) is 11.2 Å². The number of fused-ring (bicyclic) bond motifs is 9. The summed E-state index contributed by atoms with van der Waals surface area (Å²) in [6, 6.07) is 33.5. The van der Waals surface area contributed by atoms with Crippen LogP contribution in [0, 0.1) is 0 Å². The van der Waals surface area contributed by atoms with Crippen LogP contribution in [0.1, 0.15) is 51.0 Å². The van der Waals surface area contributed by atoms with Crippen LogP contribution in [-0.4, -0.2) is 0 Å². The number of thiophene rings is 1. The van der Waals surface area contributed by atoms with Gasteiger partial charge in [0.2, 0.25) is 0 Å². The normalized spacial score (nSPS) is 12.0. The van der Waals surface area contributed by atoms with E-state index in [0.29, 0.717) is 0 Å². The van der Waals surface area contributed by atoms with Crippen LogP contribution in [0.25, 0.3) is 64.0 Å². The van der Waals surface area contributed by atoms with Gasteiger partial charge in [-0.2, -0.15) is 0 Å². The Kier molecular flexibility index (Phi) is 6.14. The van der Waals surface area contributed by atoms with Gasteiger partial charge in [0.25, 0.3) is 0 Å². The second-order valence-electron chi connectivity index (χ2n) is 10.6. The molecule has 0 bridgehead atoms. The van der Waals surface area contributed by atoms with Crippen molar-refractivity contribution < 1.29 is 4.42 Å². The molecule has 7 rings (SSSR count). The molecule has 5 aromatic carbocycles. The second kappa shape index (κ2) is 9.93. The van der Waals surface area contributed by atoms with Crippen LogP contribution in [0.4, 0.5) is 0 Å². The van der Waals surface area contributed by atoms with E-state index in [1.807, 2.05) is 11.3 Å². The summed E-state index contributed by atoms with van der Waals surface area (Å²) in [7, 11) is 0. The average molecular weight is 513 g/mol. The molecule has 2 heterocycles. The number of aryl methyl sites for hydroxylation is 1. The third-order valence-electron chi connectivity index (χ3n) is 8.08. The third-order valence-corrected chi connectivity index (χ3v) is 9.30. The lowest BCUT2D eigenvalue weighted by molar-refractivity contribution is 0.607. The van der Waals surface area contributed by atoms with Crippen LogP contribution in [0.15, 0.2) is 95.4 Å². The summed E-state index contributed by atoms with van der Waals surface area (Å²) < 4.78 is 9.25. The lowest BCUT2D eigenvalue weighted by atomic mass is 9.99. The van der Waals surface area contributed by atoms with E-state index >= 15 is 0 Å². The lowest BCUT2D eigenvalue weighted by Crippen LogP contribution is -1.87. The molecule has 0 unspecified atom stereocenters. The van der Waals surface area contributed by atoms with Gasteiger partial charge in [-0.1, -0.05) is 99.7 Å². The largest absolute Gasteiger partial charge is 0.455 e.